The number of hydrogen-bond acceptors (Lipinski definition) is 4. The van der Waals surface area contributed by atoms with Crippen molar-refractivity contribution in [3.63, 3.8) is 0 Å². The Morgan fingerprint density at radius 1 is 0.846 bits per heavy atom. The van der Waals surface area contributed by atoms with Crippen LogP contribution in [-0.4, -0.2) is 33.0 Å². The molecule has 8 heteroatoms. The molecule has 0 amide bonds. The highest BCUT2D eigenvalue weighted by molar-refractivity contribution is 7.85. The van der Waals surface area contributed by atoms with Crippen LogP contribution in [0, 0.1) is 0 Å². The second-order valence-electron chi connectivity index (χ2n) is 6.39. The Kier molecular flexibility index (Phi) is 13.1. The highest BCUT2D eigenvalue weighted by Crippen LogP contribution is 2.18. The average Bonchev–Trinajstić information content (AvgIpc) is 2.54. The molecule has 0 saturated carbocycles. The Morgan fingerprint density at radius 3 is 1.77 bits per heavy atom. The van der Waals surface area contributed by atoms with E-state index in [-0.39, 0.29) is 4.90 Å². The Balaban J connectivity index is 0.000000739. The molecule has 1 fully saturated rings. The Labute approximate surface area is 163 Å². The third kappa shape index (κ3) is 11.3. The Bertz CT molecular complexity index is 573. The summed E-state index contributed by atoms with van der Waals surface area (Å²) in [6.45, 7) is 2.24. The molecule has 0 aliphatic carbocycles. The topological polar surface area (TPSA) is 72.8 Å². The summed E-state index contributed by atoms with van der Waals surface area (Å²) in [5.74, 6) is 0. The van der Waals surface area contributed by atoms with Crippen molar-refractivity contribution < 1.29 is 21.2 Å². The summed E-state index contributed by atoms with van der Waals surface area (Å²) >= 11 is 0. The van der Waals surface area contributed by atoms with E-state index in [4.69, 9.17) is 0 Å². The van der Waals surface area contributed by atoms with Gasteiger partial charge in [0, 0.05) is 0 Å². The van der Waals surface area contributed by atoms with Gasteiger partial charge in [0.2, 0.25) is 0 Å². The maximum atomic E-state index is 11.3. The van der Waals surface area contributed by atoms with E-state index >= 15 is 0 Å². The number of hydrogen-bond donors (Lipinski definition) is 1. The fourth-order valence-electron chi connectivity index (χ4n) is 2.81. The van der Waals surface area contributed by atoms with Crippen LogP contribution in [0.5, 0.6) is 0 Å². The molecule has 0 atom stereocenters. The van der Waals surface area contributed by atoms with Crippen LogP contribution in [0.4, 0.5) is 0 Å². The van der Waals surface area contributed by atoms with Gasteiger partial charge in [-0.1, -0.05) is 82.9 Å². The lowest BCUT2D eigenvalue weighted by Crippen LogP contribution is -2.23. The summed E-state index contributed by atoms with van der Waals surface area (Å²) < 4.78 is 40.9. The van der Waals surface area contributed by atoms with Crippen molar-refractivity contribution in [2.45, 2.75) is 82.4 Å². The second kappa shape index (κ2) is 14.5. The van der Waals surface area contributed by atoms with Gasteiger partial charge in [-0.15, -0.1) is 0 Å². The largest absolute Gasteiger partial charge is 0.412 e. The normalized spacial score (nSPS) is 13.6. The second-order valence-corrected chi connectivity index (χ2v) is 9.74. The lowest BCUT2D eigenvalue weighted by Gasteiger charge is -2.07. The van der Waals surface area contributed by atoms with Gasteiger partial charge in [-0.05, 0) is 24.5 Å². The molecule has 0 bridgehead atoms. The third-order valence-corrected chi connectivity index (χ3v) is 6.50. The molecule has 2 rings (SSSR count). The lowest BCUT2D eigenvalue weighted by atomic mass is 10.0. The van der Waals surface area contributed by atoms with Crippen molar-refractivity contribution in [3.8, 4) is 0 Å². The lowest BCUT2D eigenvalue weighted by molar-refractivity contribution is 0.346. The minimum absolute atomic E-state index is 0.0610. The number of benzene rings is 1. The van der Waals surface area contributed by atoms with E-state index in [2.05, 4.69) is 15.2 Å². The highest BCUT2D eigenvalue weighted by Gasteiger charge is 2.13. The minimum Gasteiger partial charge on any atom is -0.412 e. The van der Waals surface area contributed by atoms with Crippen LogP contribution in [0.15, 0.2) is 29.2 Å². The SMILES string of the molecule is CCCCCCCCCCCCc1ccccc1S(=O)(=O)O.O1[Si]O[Si]1. The first kappa shape index (κ1) is 23.5. The third-order valence-electron chi connectivity index (χ3n) is 4.22. The van der Waals surface area contributed by atoms with Crippen molar-refractivity contribution in [1.82, 2.24) is 0 Å². The van der Waals surface area contributed by atoms with Crippen molar-refractivity contribution in [3.05, 3.63) is 29.8 Å². The van der Waals surface area contributed by atoms with Crippen molar-refractivity contribution in [2.24, 2.45) is 0 Å². The minimum atomic E-state index is -4.10. The van der Waals surface area contributed by atoms with E-state index in [9.17, 15) is 13.0 Å². The molecule has 1 saturated heterocycles. The van der Waals surface area contributed by atoms with Crippen LogP contribution >= 0.6 is 0 Å². The molecule has 4 radical (unpaired) electrons. The molecule has 1 aliphatic rings. The summed E-state index contributed by atoms with van der Waals surface area (Å²) in [4.78, 5) is 0.0610. The number of aryl methyl sites for hydroxylation is 1. The van der Waals surface area contributed by atoms with E-state index in [1.807, 2.05) is 6.07 Å². The zero-order chi connectivity index (χ0) is 19.1. The maximum Gasteiger partial charge on any atom is 0.412 e. The van der Waals surface area contributed by atoms with E-state index in [0.29, 0.717) is 26.4 Å². The van der Waals surface area contributed by atoms with Gasteiger partial charge in [0.25, 0.3) is 10.1 Å². The quantitative estimate of drug-likeness (QED) is 0.310. The predicted octanol–water partition coefficient (Wildman–Crippen LogP) is 4.50. The highest BCUT2D eigenvalue weighted by atomic mass is 32.2. The first-order chi connectivity index (χ1) is 12.6. The first-order valence-corrected chi connectivity index (χ1v) is 12.5. The van der Waals surface area contributed by atoms with Gasteiger partial charge in [-0.25, -0.2) is 0 Å². The smallest absolute Gasteiger partial charge is 0.412 e. The average molecular weight is 415 g/mol. The van der Waals surface area contributed by atoms with Gasteiger partial charge in [0.15, 0.2) is 0 Å². The van der Waals surface area contributed by atoms with E-state index in [1.165, 1.54) is 57.4 Å². The fourth-order valence-corrected chi connectivity index (χ4v) is 3.89. The zero-order valence-corrected chi connectivity index (χ0v) is 18.4. The van der Waals surface area contributed by atoms with Gasteiger partial charge < -0.3 is 8.23 Å². The number of unbranched alkanes of at least 4 members (excludes halogenated alkanes) is 9. The van der Waals surface area contributed by atoms with E-state index < -0.39 is 10.1 Å². The van der Waals surface area contributed by atoms with Crippen molar-refractivity contribution >= 4 is 30.1 Å². The van der Waals surface area contributed by atoms with Gasteiger partial charge in [0.05, 0.1) is 4.90 Å². The Hall–Kier alpha value is -0.516. The number of rotatable bonds is 12. The van der Waals surface area contributed by atoms with E-state index in [1.54, 1.807) is 12.1 Å². The van der Waals surface area contributed by atoms with E-state index in [0.717, 1.165) is 18.4 Å². The molecule has 1 aliphatic heterocycles. The molecule has 1 N–H and O–H groups in total. The molecule has 1 aromatic carbocycles. The van der Waals surface area contributed by atoms with Crippen LogP contribution in [0.25, 0.3) is 0 Å². The van der Waals surface area contributed by atoms with Crippen molar-refractivity contribution in [1.29, 1.82) is 0 Å². The molecule has 146 valence electrons. The molecular weight excluding hydrogens is 384 g/mol. The van der Waals surface area contributed by atoms with Crippen LogP contribution in [0.2, 0.25) is 0 Å². The summed E-state index contributed by atoms with van der Waals surface area (Å²) in [5.41, 5.74) is 0.726. The predicted molar refractivity (Wildman–Crippen MR) is 105 cm³/mol. The molecule has 26 heavy (non-hydrogen) atoms. The molecule has 0 unspecified atom stereocenters. The zero-order valence-electron chi connectivity index (χ0n) is 15.6. The van der Waals surface area contributed by atoms with Crippen LogP contribution < -0.4 is 0 Å². The molecular formula is C18H30O5SSi2. The van der Waals surface area contributed by atoms with Crippen molar-refractivity contribution in [2.75, 3.05) is 0 Å². The molecule has 1 heterocycles. The van der Waals surface area contributed by atoms with Gasteiger partial charge >= 0.3 is 20.0 Å². The summed E-state index contributed by atoms with van der Waals surface area (Å²) in [6, 6.07) is 6.73. The van der Waals surface area contributed by atoms with Gasteiger partial charge in [-0.2, -0.15) is 8.42 Å². The van der Waals surface area contributed by atoms with Gasteiger partial charge in [-0.3, -0.25) is 4.55 Å². The molecule has 1 aromatic rings. The summed E-state index contributed by atoms with van der Waals surface area (Å²) in [7, 11) is -3.43. The standard InChI is InChI=1S/C18H30O3S.O2Si2/c1-2-3-4-5-6-7-8-9-10-11-14-17-15-12-13-16-18(17)22(19,20)21;1-3-2-4-1/h12-13,15-16H,2-11,14H2,1H3,(H,19,20,21);. The summed E-state index contributed by atoms with van der Waals surface area (Å²) in [6.07, 6.45) is 13.3. The van der Waals surface area contributed by atoms with Crippen LogP contribution in [0.1, 0.15) is 76.7 Å². The fraction of sp³-hybridized carbons (Fsp3) is 0.667. The monoisotopic (exact) mass is 414 g/mol. The Morgan fingerprint density at radius 2 is 1.31 bits per heavy atom. The molecule has 0 spiro atoms. The first-order valence-electron chi connectivity index (χ1n) is 9.42. The maximum absolute atomic E-state index is 11.3. The van der Waals surface area contributed by atoms with Crippen LogP contribution in [-0.2, 0) is 24.8 Å². The summed E-state index contributed by atoms with van der Waals surface area (Å²) in [5, 5.41) is 0. The van der Waals surface area contributed by atoms with Crippen LogP contribution in [0.3, 0.4) is 0 Å². The molecule has 0 aromatic heterocycles. The molecule has 5 nitrogen and oxygen atoms in total. The van der Waals surface area contributed by atoms with Gasteiger partial charge in [0.1, 0.15) is 0 Å².